The van der Waals surface area contributed by atoms with Crippen LogP contribution in [-0.2, 0) is 20.4 Å². The molecule has 0 spiro atoms. The Hall–Kier alpha value is -3.27. The maximum Gasteiger partial charge on any atom is 0.416 e. The zero-order chi connectivity index (χ0) is 23.3. The molecule has 7 nitrogen and oxygen atoms in total. The minimum atomic E-state index is -4.56. The van der Waals surface area contributed by atoms with Gasteiger partial charge in [0.1, 0.15) is 0 Å². The largest absolute Gasteiger partial charge is 0.452 e. The van der Waals surface area contributed by atoms with Crippen LogP contribution in [0.4, 0.5) is 30.2 Å². The molecule has 32 heavy (non-hydrogen) atoms. The molecule has 2 aromatic carbocycles. The summed E-state index contributed by atoms with van der Waals surface area (Å²) < 4.78 is 49.8. The number of hydrogen-bond acceptors (Lipinski definition) is 6. The quantitative estimate of drug-likeness (QED) is 0.679. The summed E-state index contributed by atoms with van der Waals surface area (Å²) >= 11 is 0. The van der Waals surface area contributed by atoms with Gasteiger partial charge in [0, 0.05) is 32.9 Å². The molecule has 0 aliphatic carbocycles. The average molecular weight is 451 g/mol. The molecule has 0 atom stereocenters. The molecule has 0 unspecified atom stereocenters. The van der Waals surface area contributed by atoms with E-state index in [4.69, 9.17) is 9.47 Å². The molecule has 3 rings (SSSR count). The van der Waals surface area contributed by atoms with E-state index < -0.39 is 30.2 Å². The number of carbonyl (C=O) groups excluding carboxylic acids is 2. The van der Waals surface area contributed by atoms with Crippen LogP contribution in [-0.4, -0.2) is 58.9 Å². The highest BCUT2D eigenvalue weighted by atomic mass is 19.4. The topological polar surface area (TPSA) is 71.1 Å². The fourth-order valence-corrected chi connectivity index (χ4v) is 3.19. The Balaban J connectivity index is 1.69. The molecule has 0 radical (unpaired) electrons. The fourth-order valence-electron chi connectivity index (χ4n) is 3.19. The van der Waals surface area contributed by atoms with Gasteiger partial charge >= 0.3 is 12.1 Å². The molecular formula is C22H24F3N3O4. The average Bonchev–Trinajstić information content (AvgIpc) is 2.77. The second kappa shape index (κ2) is 9.90. The lowest BCUT2D eigenvalue weighted by Crippen LogP contribution is -2.37. The summed E-state index contributed by atoms with van der Waals surface area (Å²) in [5.41, 5.74) is 0.706. The number of ether oxygens (including phenoxy) is 2. The molecule has 10 heteroatoms. The standard InChI is InChI=1S/C22H24F3N3O4/c1-27(2)17-6-3-15(4-7-17)21(30)32-14-20(29)26-18-13-16(22(23,24)25)5-8-19(18)28-9-11-31-12-10-28/h3-8,13H,9-12,14H2,1-2H3,(H,26,29). The predicted molar refractivity (Wildman–Crippen MR) is 114 cm³/mol. The Morgan fingerprint density at radius 2 is 1.75 bits per heavy atom. The van der Waals surface area contributed by atoms with E-state index in [2.05, 4.69) is 5.32 Å². The minimum absolute atomic E-state index is 0.00175. The van der Waals surface area contributed by atoms with Gasteiger partial charge in [-0.25, -0.2) is 4.79 Å². The second-order valence-corrected chi connectivity index (χ2v) is 7.39. The number of morpholine rings is 1. The van der Waals surface area contributed by atoms with Crippen LogP contribution in [0.3, 0.4) is 0 Å². The third kappa shape index (κ3) is 5.91. The van der Waals surface area contributed by atoms with Gasteiger partial charge in [0.25, 0.3) is 5.91 Å². The number of hydrogen-bond donors (Lipinski definition) is 1. The number of nitrogens with zero attached hydrogens (tertiary/aromatic N) is 2. The minimum Gasteiger partial charge on any atom is -0.452 e. The molecule has 1 fully saturated rings. The highest BCUT2D eigenvalue weighted by Crippen LogP contribution is 2.35. The van der Waals surface area contributed by atoms with Gasteiger partial charge in [-0.3, -0.25) is 4.79 Å². The van der Waals surface area contributed by atoms with Crippen molar-refractivity contribution in [1.29, 1.82) is 0 Å². The first-order valence-electron chi connectivity index (χ1n) is 9.93. The third-order valence-electron chi connectivity index (χ3n) is 4.90. The number of benzene rings is 2. The van der Waals surface area contributed by atoms with Crippen LogP contribution in [0.15, 0.2) is 42.5 Å². The lowest BCUT2D eigenvalue weighted by molar-refractivity contribution is -0.137. The summed E-state index contributed by atoms with van der Waals surface area (Å²) in [6.07, 6.45) is -4.56. The number of rotatable bonds is 6. The second-order valence-electron chi connectivity index (χ2n) is 7.39. The number of anilines is 3. The molecule has 1 heterocycles. The molecule has 1 aliphatic heterocycles. The summed E-state index contributed by atoms with van der Waals surface area (Å²) in [6.45, 7) is 1.18. The Kier molecular flexibility index (Phi) is 7.24. The molecule has 172 valence electrons. The van der Waals surface area contributed by atoms with Crippen molar-refractivity contribution >= 4 is 28.9 Å². The summed E-state index contributed by atoms with van der Waals surface area (Å²) in [5.74, 6) is -1.44. The summed E-state index contributed by atoms with van der Waals surface area (Å²) in [6, 6.07) is 9.77. The molecular weight excluding hydrogens is 427 g/mol. The lowest BCUT2D eigenvalue weighted by Gasteiger charge is -2.31. The highest BCUT2D eigenvalue weighted by Gasteiger charge is 2.32. The molecule has 0 saturated carbocycles. The first-order chi connectivity index (χ1) is 15.1. The number of nitrogens with one attached hydrogen (secondary N) is 1. The van der Waals surface area contributed by atoms with E-state index in [9.17, 15) is 22.8 Å². The van der Waals surface area contributed by atoms with Crippen LogP contribution in [0.1, 0.15) is 15.9 Å². The van der Waals surface area contributed by atoms with E-state index in [0.29, 0.717) is 32.0 Å². The normalized spacial score (nSPS) is 14.1. The number of alkyl halides is 3. The van der Waals surface area contributed by atoms with E-state index in [1.165, 1.54) is 6.07 Å². The van der Waals surface area contributed by atoms with Crippen LogP contribution < -0.4 is 15.1 Å². The van der Waals surface area contributed by atoms with Crippen molar-refractivity contribution in [1.82, 2.24) is 0 Å². The fraction of sp³-hybridized carbons (Fsp3) is 0.364. The molecule has 1 N–H and O–H groups in total. The maximum absolute atomic E-state index is 13.2. The van der Waals surface area contributed by atoms with Crippen LogP contribution in [0.25, 0.3) is 0 Å². The Morgan fingerprint density at radius 3 is 2.34 bits per heavy atom. The van der Waals surface area contributed by atoms with Crippen LogP contribution in [0.2, 0.25) is 0 Å². The first-order valence-corrected chi connectivity index (χ1v) is 9.93. The summed E-state index contributed by atoms with van der Waals surface area (Å²) in [5, 5.41) is 2.45. The van der Waals surface area contributed by atoms with E-state index in [1.807, 2.05) is 23.9 Å². The Bertz CT molecular complexity index is 956. The van der Waals surface area contributed by atoms with Crippen molar-refractivity contribution in [2.45, 2.75) is 6.18 Å². The van der Waals surface area contributed by atoms with Crippen molar-refractivity contribution in [3.05, 3.63) is 53.6 Å². The van der Waals surface area contributed by atoms with Crippen molar-refractivity contribution in [3.63, 3.8) is 0 Å². The van der Waals surface area contributed by atoms with Crippen LogP contribution in [0, 0.1) is 0 Å². The molecule has 1 saturated heterocycles. The lowest BCUT2D eigenvalue weighted by atomic mass is 10.1. The van der Waals surface area contributed by atoms with Gasteiger partial charge < -0.3 is 24.6 Å². The van der Waals surface area contributed by atoms with Crippen LogP contribution >= 0.6 is 0 Å². The smallest absolute Gasteiger partial charge is 0.416 e. The maximum atomic E-state index is 13.2. The van der Waals surface area contributed by atoms with E-state index in [0.717, 1.165) is 17.8 Å². The molecule has 0 bridgehead atoms. The summed E-state index contributed by atoms with van der Waals surface area (Å²) in [7, 11) is 3.72. The number of esters is 1. The Labute approximate surface area is 183 Å². The van der Waals surface area contributed by atoms with E-state index >= 15 is 0 Å². The van der Waals surface area contributed by atoms with E-state index in [1.54, 1.807) is 24.3 Å². The number of halogens is 3. The van der Waals surface area contributed by atoms with Gasteiger partial charge in [-0.15, -0.1) is 0 Å². The third-order valence-corrected chi connectivity index (χ3v) is 4.90. The molecule has 1 amide bonds. The van der Waals surface area contributed by atoms with Gasteiger partial charge in [0.15, 0.2) is 6.61 Å². The van der Waals surface area contributed by atoms with Crippen molar-refractivity contribution in [2.75, 3.05) is 62.1 Å². The molecule has 2 aromatic rings. The van der Waals surface area contributed by atoms with Crippen molar-refractivity contribution < 1.29 is 32.2 Å². The number of carbonyl (C=O) groups is 2. The van der Waals surface area contributed by atoms with Crippen molar-refractivity contribution in [2.24, 2.45) is 0 Å². The van der Waals surface area contributed by atoms with Crippen LogP contribution in [0.5, 0.6) is 0 Å². The van der Waals surface area contributed by atoms with E-state index in [-0.39, 0.29) is 11.3 Å². The van der Waals surface area contributed by atoms with Gasteiger partial charge in [-0.2, -0.15) is 13.2 Å². The zero-order valence-electron chi connectivity index (χ0n) is 17.7. The van der Waals surface area contributed by atoms with Gasteiger partial charge in [-0.05, 0) is 42.5 Å². The molecule has 0 aromatic heterocycles. The molecule has 1 aliphatic rings. The number of amides is 1. The highest BCUT2D eigenvalue weighted by molar-refractivity contribution is 5.97. The first kappa shape index (κ1) is 23.4. The predicted octanol–water partition coefficient (Wildman–Crippen LogP) is 3.40. The van der Waals surface area contributed by atoms with Gasteiger partial charge in [0.05, 0.1) is 35.7 Å². The summed E-state index contributed by atoms with van der Waals surface area (Å²) in [4.78, 5) is 28.3. The van der Waals surface area contributed by atoms with Crippen molar-refractivity contribution in [3.8, 4) is 0 Å². The Morgan fingerprint density at radius 1 is 1.09 bits per heavy atom. The van der Waals surface area contributed by atoms with Gasteiger partial charge in [0.2, 0.25) is 0 Å². The van der Waals surface area contributed by atoms with Gasteiger partial charge in [-0.1, -0.05) is 0 Å². The zero-order valence-corrected chi connectivity index (χ0v) is 17.7. The monoisotopic (exact) mass is 451 g/mol. The SMILES string of the molecule is CN(C)c1ccc(C(=O)OCC(=O)Nc2cc(C(F)(F)F)ccc2N2CCOCC2)cc1.